The Labute approximate surface area is 138 Å². The third kappa shape index (κ3) is 38.2. The lowest BCUT2D eigenvalue weighted by atomic mass is 10.4. The number of carbonyl (C=O) groups is 3. The van der Waals surface area contributed by atoms with Crippen LogP contribution in [0.2, 0.25) is 0 Å². The Balaban J connectivity index is -0.000000115. The summed E-state index contributed by atoms with van der Waals surface area (Å²) in [5.74, 6) is -2.20. The van der Waals surface area contributed by atoms with Gasteiger partial charge in [0, 0.05) is 17.2 Å². The molecule has 0 rings (SSSR count). The van der Waals surface area contributed by atoms with E-state index in [1.54, 1.807) is 0 Å². The molecule has 0 atom stereocenters. The van der Waals surface area contributed by atoms with E-state index in [-0.39, 0.29) is 17.1 Å². The molecule has 0 bridgehead atoms. The fraction of sp³-hybridized carbons (Fsp3) is 0.353. The van der Waals surface area contributed by atoms with Crippen molar-refractivity contribution in [3.63, 3.8) is 0 Å². The standard InChI is InChI=1S/C7H12O2.2C4H6O2.C2H4/c1-3-5-6-9-7(8)4-2;2*1-3(2)4(5)6;1-2/h4H,2-3,5-6H2,1H3;2*1H2,2H3,(H,5,6);1-2H2. The van der Waals surface area contributed by atoms with Crippen LogP contribution in [0.5, 0.6) is 0 Å². The van der Waals surface area contributed by atoms with Crippen molar-refractivity contribution in [1.82, 2.24) is 0 Å². The average molecular weight is 328 g/mol. The predicted molar refractivity (Wildman–Crippen MR) is 92.2 cm³/mol. The van der Waals surface area contributed by atoms with Crippen molar-refractivity contribution >= 4 is 17.9 Å². The SMILES string of the molecule is C=C.C=C(C)C(=O)O.C=C(C)C(=O)O.C=CC(=O)OCCCC. The molecule has 0 amide bonds. The highest BCUT2D eigenvalue weighted by Gasteiger charge is 1.91. The van der Waals surface area contributed by atoms with Crippen LogP contribution >= 0.6 is 0 Å². The van der Waals surface area contributed by atoms with E-state index in [9.17, 15) is 14.4 Å². The van der Waals surface area contributed by atoms with Crippen LogP contribution in [0.3, 0.4) is 0 Å². The molecule has 0 unspecified atom stereocenters. The number of unbranched alkanes of at least 4 members (excludes halogenated alkanes) is 1. The number of hydrogen-bond donors (Lipinski definition) is 2. The van der Waals surface area contributed by atoms with E-state index in [0.717, 1.165) is 12.8 Å². The van der Waals surface area contributed by atoms with Crippen LogP contribution in [-0.2, 0) is 19.1 Å². The minimum absolute atomic E-state index is 0.176. The van der Waals surface area contributed by atoms with Gasteiger partial charge in [-0.3, -0.25) is 0 Å². The maximum absolute atomic E-state index is 10.3. The molecule has 6 heteroatoms. The molecule has 0 spiro atoms. The maximum atomic E-state index is 10.3. The molecule has 6 nitrogen and oxygen atoms in total. The molecular formula is C17H28O6. The van der Waals surface area contributed by atoms with Gasteiger partial charge in [0.05, 0.1) is 6.61 Å². The van der Waals surface area contributed by atoms with Crippen molar-refractivity contribution in [3.8, 4) is 0 Å². The van der Waals surface area contributed by atoms with E-state index in [1.807, 2.05) is 6.92 Å². The van der Waals surface area contributed by atoms with Crippen molar-refractivity contribution in [2.24, 2.45) is 0 Å². The first-order valence-corrected chi connectivity index (χ1v) is 6.66. The second-order valence-corrected chi connectivity index (χ2v) is 3.90. The van der Waals surface area contributed by atoms with Gasteiger partial charge in [-0.1, -0.05) is 33.1 Å². The highest BCUT2D eigenvalue weighted by molar-refractivity contribution is 5.85. The van der Waals surface area contributed by atoms with E-state index < -0.39 is 11.9 Å². The summed E-state index contributed by atoms with van der Waals surface area (Å²) in [6.07, 6.45) is 3.15. The summed E-state index contributed by atoms with van der Waals surface area (Å²) in [7, 11) is 0. The Morgan fingerprint density at radius 3 is 1.48 bits per heavy atom. The lowest BCUT2D eigenvalue weighted by Gasteiger charge is -1.97. The first-order valence-electron chi connectivity index (χ1n) is 6.66. The van der Waals surface area contributed by atoms with Gasteiger partial charge in [0.1, 0.15) is 0 Å². The largest absolute Gasteiger partial charge is 0.478 e. The zero-order valence-corrected chi connectivity index (χ0v) is 14.3. The molecule has 0 aliphatic carbocycles. The van der Waals surface area contributed by atoms with Crippen LogP contribution < -0.4 is 0 Å². The quantitative estimate of drug-likeness (QED) is 0.334. The molecule has 0 aromatic rings. The van der Waals surface area contributed by atoms with E-state index >= 15 is 0 Å². The van der Waals surface area contributed by atoms with E-state index in [4.69, 9.17) is 10.2 Å². The molecular weight excluding hydrogens is 300 g/mol. The van der Waals surface area contributed by atoms with Gasteiger partial charge in [-0.15, -0.1) is 13.2 Å². The van der Waals surface area contributed by atoms with Crippen molar-refractivity contribution in [3.05, 3.63) is 50.1 Å². The molecule has 23 heavy (non-hydrogen) atoms. The minimum atomic E-state index is -0.935. The number of carboxylic acid groups (broad SMARTS) is 2. The minimum Gasteiger partial charge on any atom is -0.478 e. The lowest BCUT2D eigenvalue weighted by Crippen LogP contribution is -2.00. The van der Waals surface area contributed by atoms with Gasteiger partial charge in [0.25, 0.3) is 0 Å². The van der Waals surface area contributed by atoms with E-state index in [2.05, 4.69) is 37.6 Å². The molecule has 0 heterocycles. The Hall–Kier alpha value is -2.63. The van der Waals surface area contributed by atoms with Crippen LogP contribution in [0.1, 0.15) is 33.6 Å². The van der Waals surface area contributed by atoms with E-state index in [0.29, 0.717) is 6.61 Å². The van der Waals surface area contributed by atoms with Crippen LogP contribution in [0, 0.1) is 0 Å². The molecule has 2 N–H and O–H groups in total. The average Bonchev–Trinajstić information content (AvgIpc) is 2.50. The lowest BCUT2D eigenvalue weighted by molar-refractivity contribution is -0.138. The zero-order chi connectivity index (χ0) is 19.4. The molecule has 0 saturated carbocycles. The second-order valence-electron chi connectivity index (χ2n) is 3.90. The zero-order valence-electron chi connectivity index (χ0n) is 14.3. The number of hydrogen-bond acceptors (Lipinski definition) is 4. The highest BCUT2D eigenvalue weighted by atomic mass is 16.5. The molecule has 0 fully saturated rings. The first kappa shape index (κ1) is 28.5. The smallest absolute Gasteiger partial charge is 0.330 e. The summed E-state index contributed by atoms with van der Waals surface area (Å²) in [4.78, 5) is 29.5. The van der Waals surface area contributed by atoms with Crippen LogP contribution in [0.25, 0.3) is 0 Å². The Bertz CT molecular complexity index is 348. The van der Waals surface area contributed by atoms with Gasteiger partial charge in [-0.25, -0.2) is 14.4 Å². The van der Waals surface area contributed by atoms with Crippen molar-refractivity contribution < 1.29 is 29.3 Å². The van der Waals surface area contributed by atoms with Gasteiger partial charge in [-0.2, -0.15) is 0 Å². The van der Waals surface area contributed by atoms with Crippen LogP contribution in [0.15, 0.2) is 50.1 Å². The third-order valence-corrected chi connectivity index (χ3v) is 1.64. The number of carbonyl (C=O) groups excluding carboxylic acids is 1. The molecule has 0 radical (unpaired) electrons. The number of ether oxygens (including phenoxy) is 1. The summed E-state index contributed by atoms with van der Waals surface area (Å²) < 4.78 is 4.67. The van der Waals surface area contributed by atoms with E-state index in [1.165, 1.54) is 19.9 Å². The summed E-state index contributed by atoms with van der Waals surface area (Å²) >= 11 is 0. The molecule has 0 aromatic carbocycles. The molecule has 0 aliphatic rings. The van der Waals surface area contributed by atoms with Gasteiger partial charge >= 0.3 is 17.9 Å². The Morgan fingerprint density at radius 1 is 1.00 bits per heavy atom. The van der Waals surface area contributed by atoms with Gasteiger partial charge in [0.2, 0.25) is 0 Å². The van der Waals surface area contributed by atoms with Crippen LogP contribution in [-0.4, -0.2) is 34.7 Å². The summed E-state index contributed by atoms with van der Waals surface area (Å²) in [5.41, 5.74) is 0.352. The molecule has 0 aliphatic heterocycles. The first-order chi connectivity index (χ1) is 10.6. The number of aliphatic carboxylic acids is 2. The van der Waals surface area contributed by atoms with Crippen LogP contribution in [0.4, 0.5) is 0 Å². The highest BCUT2D eigenvalue weighted by Crippen LogP contribution is 1.88. The predicted octanol–water partition coefficient (Wildman–Crippen LogP) is 3.61. The summed E-state index contributed by atoms with van der Waals surface area (Å²) in [6, 6.07) is 0. The normalized spacial score (nSPS) is 7.43. The second kappa shape index (κ2) is 21.7. The van der Waals surface area contributed by atoms with Gasteiger partial charge < -0.3 is 14.9 Å². The third-order valence-electron chi connectivity index (χ3n) is 1.64. The topological polar surface area (TPSA) is 101 Å². The Kier molecular flexibility index (Phi) is 26.9. The molecule has 132 valence electrons. The molecule has 0 aromatic heterocycles. The fourth-order valence-corrected chi connectivity index (χ4v) is 0.376. The maximum Gasteiger partial charge on any atom is 0.330 e. The van der Waals surface area contributed by atoms with Crippen molar-refractivity contribution in [1.29, 1.82) is 0 Å². The number of carboxylic acids is 2. The monoisotopic (exact) mass is 328 g/mol. The van der Waals surface area contributed by atoms with Crippen molar-refractivity contribution in [2.75, 3.05) is 6.61 Å². The van der Waals surface area contributed by atoms with Gasteiger partial charge in [-0.05, 0) is 20.3 Å². The molecule has 0 saturated heterocycles. The fourth-order valence-electron chi connectivity index (χ4n) is 0.376. The van der Waals surface area contributed by atoms with Crippen molar-refractivity contribution in [2.45, 2.75) is 33.6 Å². The van der Waals surface area contributed by atoms with Gasteiger partial charge in [0.15, 0.2) is 0 Å². The summed E-state index contributed by atoms with van der Waals surface area (Å²) in [6.45, 7) is 21.0. The summed E-state index contributed by atoms with van der Waals surface area (Å²) in [5, 5.41) is 15.8. The Morgan fingerprint density at radius 2 is 1.30 bits per heavy atom. The number of esters is 1. The number of rotatable bonds is 6.